The molecule has 0 aliphatic rings. The standard InChI is InChI=1S/C20H13N5O4S/c1-28-15-7-5-12(6-8-15)19-23-24-18(21-22-20(24)30-19)17-10-9-16(29-17)13-3-2-4-14(11-13)25(26)27/h2-11H,1H3. The zero-order valence-corrected chi connectivity index (χ0v) is 16.4. The van der Waals surface area contributed by atoms with Crippen LogP contribution in [-0.4, -0.2) is 31.8 Å². The Hall–Kier alpha value is -4.05. The number of aromatic nitrogens is 4. The van der Waals surface area contributed by atoms with Gasteiger partial charge in [0.05, 0.1) is 12.0 Å². The quantitative estimate of drug-likeness (QED) is 0.300. The number of hydrogen-bond donors (Lipinski definition) is 0. The molecule has 30 heavy (non-hydrogen) atoms. The highest BCUT2D eigenvalue weighted by atomic mass is 32.1. The van der Waals surface area contributed by atoms with Gasteiger partial charge in [-0.05, 0) is 36.4 Å². The normalized spacial score (nSPS) is 11.1. The third-order valence-electron chi connectivity index (χ3n) is 4.50. The predicted octanol–water partition coefficient (Wildman–Crippen LogP) is 4.70. The number of rotatable bonds is 5. The predicted molar refractivity (Wildman–Crippen MR) is 110 cm³/mol. The highest BCUT2D eigenvalue weighted by Crippen LogP contribution is 2.32. The number of furan rings is 1. The molecule has 0 spiro atoms. The molecule has 3 heterocycles. The molecule has 0 bridgehead atoms. The molecule has 0 unspecified atom stereocenters. The van der Waals surface area contributed by atoms with Crippen molar-refractivity contribution in [3.8, 4) is 39.2 Å². The summed E-state index contributed by atoms with van der Waals surface area (Å²) in [6.07, 6.45) is 0. The largest absolute Gasteiger partial charge is 0.497 e. The Kier molecular flexibility index (Phi) is 4.25. The van der Waals surface area contributed by atoms with Crippen molar-refractivity contribution >= 4 is 22.0 Å². The lowest BCUT2D eigenvalue weighted by Gasteiger charge is -1.99. The second-order valence-electron chi connectivity index (χ2n) is 6.33. The molecule has 0 fully saturated rings. The lowest BCUT2D eigenvalue weighted by molar-refractivity contribution is -0.384. The molecule has 2 aromatic carbocycles. The molecule has 0 atom stereocenters. The van der Waals surface area contributed by atoms with Crippen molar-refractivity contribution in [3.63, 3.8) is 0 Å². The molecular formula is C20H13N5O4S. The molecule has 3 aromatic heterocycles. The second-order valence-corrected chi connectivity index (χ2v) is 7.28. The van der Waals surface area contributed by atoms with Gasteiger partial charge >= 0.3 is 0 Å². The van der Waals surface area contributed by atoms with Crippen LogP contribution in [-0.2, 0) is 0 Å². The van der Waals surface area contributed by atoms with E-state index in [2.05, 4.69) is 15.3 Å². The first-order valence-corrected chi connectivity index (χ1v) is 9.66. The summed E-state index contributed by atoms with van der Waals surface area (Å²) in [6.45, 7) is 0. The van der Waals surface area contributed by atoms with Gasteiger partial charge in [0.1, 0.15) is 16.5 Å². The number of nitro benzene ring substituents is 1. The molecule has 5 rings (SSSR count). The Morgan fingerprint density at radius 1 is 1.03 bits per heavy atom. The maximum absolute atomic E-state index is 11.0. The van der Waals surface area contributed by atoms with Gasteiger partial charge in [0, 0.05) is 23.3 Å². The Bertz CT molecular complexity index is 1370. The van der Waals surface area contributed by atoms with Crippen LogP contribution < -0.4 is 4.74 Å². The summed E-state index contributed by atoms with van der Waals surface area (Å²) < 4.78 is 12.7. The summed E-state index contributed by atoms with van der Waals surface area (Å²) in [7, 11) is 1.62. The lowest BCUT2D eigenvalue weighted by atomic mass is 10.1. The molecule has 0 saturated heterocycles. The van der Waals surface area contributed by atoms with Crippen LogP contribution in [0.25, 0.3) is 38.4 Å². The van der Waals surface area contributed by atoms with Crippen molar-refractivity contribution in [3.05, 3.63) is 70.8 Å². The van der Waals surface area contributed by atoms with Gasteiger partial charge < -0.3 is 9.15 Å². The van der Waals surface area contributed by atoms with E-state index in [1.165, 1.54) is 23.5 Å². The van der Waals surface area contributed by atoms with Crippen LogP contribution >= 0.6 is 11.3 Å². The van der Waals surface area contributed by atoms with Crippen LogP contribution in [0.2, 0.25) is 0 Å². The molecule has 0 saturated carbocycles. The molecule has 148 valence electrons. The maximum atomic E-state index is 11.0. The molecular weight excluding hydrogens is 406 g/mol. The van der Waals surface area contributed by atoms with Crippen molar-refractivity contribution in [2.24, 2.45) is 0 Å². The molecule has 5 aromatic rings. The van der Waals surface area contributed by atoms with E-state index >= 15 is 0 Å². The van der Waals surface area contributed by atoms with E-state index < -0.39 is 4.92 Å². The molecule has 10 heteroatoms. The summed E-state index contributed by atoms with van der Waals surface area (Å²) >= 11 is 1.41. The van der Waals surface area contributed by atoms with Gasteiger partial charge in [-0.3, -0.25) is 10.1 Å². The van der Waals surface area contributed by atoms with E-state index in [0.717, 1.165) is 16.3 Å². The van der Waals surface area contributed by atoms with E-state index in [1.807, 2.05) is 24.3 Å². The van der Waals surface area contributed by atoms with E-state index in [-0.39, 0.29) is 5.69 Å². The Balaban J connectivity index is 1.50. The second kappa shape index (κ2) is 7.08. The fourth-order valence-corrected chi connectivity index (χ4v) is 3.85. The molecule has 9 nitrogen and oxygen atoms in total. The Labute approximate surface area is 173 Å². The SMILES string of the molecule is COc1ccc(-c2nn3c(-c4ccc(-c5cccc([N+](=O)[O-])c5)o4)nnc3s2)cc1. The Morgan fingerprint density at radius 2 is 1.83 bits per heavy atom. The van der Waals surface area contributed by atoms with Crippen molar-refractivity contribution in [2.45, 2.75) is 0 Å². The highest BCUT2D eigenvalue weighted by Gasteiger charge is 2.18. The summed E-state index contributed by atoms with van der Waals surface area (Å²) in [5.41, 5.74) is 1.54. The fraction of sp³-hybridized carbons (Fsp3) is 0.0500. The number of methoxy groups -OCH3 is 1. The third-order valence-corrected chi connectivity index (χ3v) is 5.44. The first-order chi connectivity index (χ1) is 14.6. The minimum atomic E-state index is -0.439. The molecule has 0 amide bonds. The van der Waals surface area contributed by atoms with Gasteiger partial charge in [0.15, 0.2) is 5.76 Å². The highest BCUT2D eigenvalue weighted by molar-refractivity contribution is 7.19. The average Bonchev–Trinajstić information content (AvgIpc) is 3.49. The van der Waals surface area contributed by atoms with Crippen molar-refractivity contribution in [2.75, 3.05) is 7.11 Å². The van der Waals surface area contributed by atoms with Gasteiger partial charge in [-0.1, -0.05) is 23.5 Å². The summed E-state index contributed by atoms with van der Waals surface area (Å²) in [4.78, 5) is 11.2. The number of nitrogens with zero attached hydrogens (tertiary/aromatic N) is 5. The first kappa shape index (κ1) is 18.0. The summed E-state index contributed by atoms with van der Waals surface area (Å²) in [5.74, 6) is 2.19. The van der Waals surface area contributed by atoms with Crippen LogP contribution in [0.3, 0.4) is 0 Å². The lowest BCUT2D eigenvalue weighted by Crippen LogP contribution is -1.90. The van der Waals surface area contributed by atoms with E-state index in [1.54, 1.807) is 35.9 Å². The van der Waals surface area contributed by atoms with Crippen LogP contribution in [0, 0.1) is 10.1 Å². The number of hydrogen-bond acceptors (Lipinski definition) is 8. The zero-order chi connectivity index (χ0) is 20.7. The monoisotopic (exact) mass is 419 g/mol. The topological polar surface area (TPSA) is 109 Å². The van der Waals surface area contributed by atoms with E-state index in [0.29, 0.717) is 27.9 Å². The van der Waals surface area contributed by atoms with Gasteiger partial charge in [-0.15, -0.1) is 10.2 Å². The van der Waals surface area contributed by atoms with Crippen LogP contribution in [0.1, 0.15) is 0 Å². The van der Waals surface area contributed by atoms with Gasteiger partial charge in [0.2, 0.25) is 10.8 Å². The molecule has 0 aliphatic carbocycles. The summed E-state index contributed by atoms with van der Waals surface area (Å²) in [5, 5.41) is 24.8. The number of nitro groups is 1. The van der Waals surface area contributed by atoms with Gasteiger partial charge in [0.25, 0.3) is 5.69 Å². The Morgan fingerprint density at radius 3 is 2.60 bits per heavy atom. The minimum Gasteiger partial charge on any atom is -0.497 e. The average molecular weight is 419 g/mol. The van der Waals surface area contributed by atoms with Crippen LogP contribution in [0.15, 0.2) is 65.1 Å². The minimum absolute atomic E-state index is 0.000970. The summed E-state index contributed by atoms with van der Waals surface area (Å²) in [6, 6.07) is 17.4. The van der Waals surface area contributed by atoms with Gasteiger partial charge in [-0.25, -0.2) is 0 Å². The van der Waals surface area contributed by atoms with E-state index in [4.69, 9.17) is 9.15 Å². The number of ether oxygens (including phenoxy) is 1. The van der Waals surface area contributed by atoms with Crippen LogP contribution in [0.4, 0.5) is 5.69 Å². The number of benzene rings is 2. The molecule has 0 aliphatic heterocycles. The smallest absolute Gasteiger partial charge is 0.270 e. The first-order valence-electron chi connectivity index (χ1n) is 8.84. The fourth-order valence-electron chi connectivity index (χ4n) is 3.01. The third kappa shape index (κ3) is 3.08. The molecule has 0 radical (unpaired) electrons. The molecule has 0 N–H and O–H groups in total. The van der Waals surface area contributed by atoms with Crippen LogP contribution in [0.5, 0.6) is 5.75 Å². The zero-order valence-electron chi connectivity index (χ0n) is 15.6. The number of fused-ring (bicyclic) bond motifs is 1. The van der Waals surface area contributed by atoms with Gasteiger partial charge in [-0.2, -0.15) is 9.61 Å². The van der Waals surface area contributed by atoms with E-state index in [9.17, 15) is 10.1 Å². The number of non-ortho nitro benzene ring substituents is 1. The maximum Gasteiger partial charge on any atom is 0.270 e. The van der Waals surface area contributed by atoms with Crippen molar-refractivity contribution in [1.29, 1.82) is 0 Å². The van der Waals surface area contributed by atoms with Crippen molar-refractivity contribution in [1.82, 2.24) is 19.8 Å². The van der Waals surface area contributed by atoms with Crippen molar-refractivity contribution < 1.29 is 14.1 Å².